The number of ether oxygens (including phenoxy) is 3. The number of rotatable bonds is 9. The largest absolute Gasteiger partial charge is 0.497 e. The molecule has 5 rings (SSSR count). The normalized spacial score (nSPS) is 11.6. The fourth-order valence-corrected chi connectivity index (χ4v) is 4.98. The van der Waals surface area contributed by atoms with Crippen LogP contribution in [0.5, 0.6) is 11.5 Å². The molecule has 1 unspecified atom stereocenters. The van der Waals surface area contributed by atoms with Crippen molar-refractivity contribution in [1.82, 2.24) is 9.97 Å². The molecule has 0 saturated heterocycles. The molecule has 1 amide bonds. The highest BCUT2D eigenvalue weighted by Gasteiger charge is 2.23. The van der Waals surface area contributed by atoms with Gasteiger partial charge in [0.1, 0.15) is 11.5 Å². The number of carbonyl (C=O) groups excluding carboxylic acids is 2. The second kappa shape index (κ2) is 13.1. The van der Waals surface area contributed by atoms with Crippen molar-refractivity contribution in [2.45, 2.75) is 19.4 Å². The molecule has 1 aromatic heterocycles. The maximum atomic E-state index is 13.2. The molecule has 43 heavy (non-hydrogen) atoms. The topological polar surface area (TPSA) is 99.6 Å². The Balaban J connectivity index is 1.46. The zero-order valence-electron chi connectivity index (χ0n) is 23.6. The molecule has 4 aromatic carbocycles. The van der Waals surface area contributed by atoms with E-state index in [1.165, 1.54) is 0 Å². The summed E-state index contributed by atoms with van der Waals surface area (Å²) in [7, 11) is 3.22. The zero-order valence-corrected chi connectivity index (χ0v) is 25.1. The number of fused-ring (bicyclic) bond motifs is 1. The van der Waals surface area contributed by atoms with Crippen molar-refractivity contribution in [2.24, 2.45) is 0 Å². The number of hydrogen-bond donors (Lipinski definition) is 1. The molecule has 1 atom stereocenters. The van der Waals surface area contributed by atoms with Crippen LogP contribution in [0.1, 0.15) is 23.7 Å². The third kappa shape index (κ3) is 6.88. The Morgan fingerprint density at radius 1 is 0.744 bits per heavy atom. The molecule has 0 spiro atoms. The summed E-state index contributed by atoms with van der Waals surface area (Å²) >= 11 is 12.1. The van der Waals surface area contributed by atoms with Crippen LogP contribution in [0.15, 0.2) is 84.9 Å². The summed E-state index contributed by atoms with van der Waals surface area (Å²) < 4.78 is 16.2. The molecule has 0 aliphatic heterocycles. The van der Waals surface area contributed by atoms with Crippen LogP contribution in [-0.2, 0) is 9.53 Å². The maximum Gasteiger partial charge on any atom is 0.338 e. The number of methoxy groups -OCH3 is 2. The molecule has 218 valence electrons. The van der Waals surface area contributed by atoms with Crippen LogP contribution in [0.2, 0.25) is 10.0 Å². The molecule has 1 heterocycles. The number of halogens is 2. The second-order valence-corrected chi connectivity index (χ2v) is 10.4. The number of esters is 1. The van der Waals surface area contributed by atoms with E-state index < -0.39 is 18.0 Å². The lowest BCUT2D eigenvalue weighted by Gasteiger charge is -2.17. The van der Waals surface area contributed by atoms with Crippen molar-refractivity contribution >= 4 is 51.8 Å². The molecule has 8 nitrogen and oxygen atoms in total. The fourth-order valence-electron chi connectivity index (χ4n) is 4.45. The van der Waals surface area contributed by atoms with Gasteiger partial charge in [-0.3, -0.25) is 4.79 Å². The van der Waals surface area contributed by atoms with Crippen LogP contribution in [0.25, 0.3) is 33.5 Å². The first-order valence-corrected chi connectivity index (χ1v) is 14.1. The van der Waals surface area contributed by atoms with E-state index in [1.807, 2.05) is 48.5 Å². The molecular formula is C33H27Cl2N3O5. The maximum absolute atomic E-state index is 13.2. The highest BCUT2D eigenvalue weighted by molar-refractivity contribution is 6.35. The van der Waals surface area contributed by atoms with Gasteiger partial charge in [-0.05, 0) is 91.3 Å². The molecule has 0 radical (unpaired) electrons. The van der Waals surface area contributed by atoms with Gasteiger partial charge in [0.2, 0.25) is 0 Å². The van der Waals surface area contributed by atoms with E-state index in [1.54, 1.807) is 57.5 Å². The minimum Gasteiger partial charge on any atom is -0.497 e. The number of aromatic nitrogens is 2. The van der Waals surface area contributed by atoms with Gasteiger partial charge in [0.15, 0.2) is 6.10 Å². The van der Waals surface area contributed by atoms with Gasteiger partial charge in [-0.25, -0.2) is 14.8 Å². The molecule has 0 bridgehead atoms. The van der Waals surface area contributed by atoms with Crippen molar-refractivity contribution in [3.05, 3.63) is 101 Å². The average Bonchev–Trinajstić information content (AvgIpc) is 3.02. The Labute approximate surface area is 258 Å². The SMILES string of the molecule is CCC(OC(=O)c1ccc2nc(-c3ccc(OC)cc3)c(-c3ccc(OC)cc3)nc2c1)C(=O)Nc1cc(Cl)cc(Cl)c1. The van der Waals surface area contributed by atoms with E-state index in [2.05, 4.69) is 5.32 Å². The van der Waals surface area contributed by atoms with Gasteiger partial charge in [0.25, 0.3) is 5.91 Å². The Bertz CT molecular complexity index is 1770. The van der Waals surface area contributed by atoms with E-state index in [0.717, 1.165) is 16.9 Å². The lowest BCUT2D eigenvalue weighted by Crippen LogP contribution is -2.32. The van der Waals surface area contributed by atoms with E-state index in [-0.39, 0.29) is 12.0 Å². The number of nitrogens with one attached hydrogen (secondary N) is 1. The minimum absolute atomic E-state index is 0.233. The zero-order chi connectivity index (χ0) is 30.5. The fraction of sp³-hybridized carbons (Fsp3) is 0.152. The van der Waals surface area contributed by atoms with Crippen LogP contribution in [0, 0.1) is 0 Å². The summed E-state index contributed by atoms with van der Waals surface area (Å²) in [6, 6.07) is 24.6. The molecule has 10 heteroatoms. The number of hydrogen-bond acceptors (Lipinski definition) is 7. The van der Waals surface area contributed by atoms with Gasteiger partial charge in [-0.2, -0.15) is 0 Å². The van der Waals surface area contributed by atoms with Crippen molar-refractivity contribution in [3.8, 4) is 34.0 Å². The number of amides is 1. The highest BCUT2D eigenvalue weighted by Crippen LogP contribution is 2.33. The van der Waals surface area contributed by atoms with Crippen LogP contribution in [0.4, 0.5) is 5.69 Å². The van der Waals surface area contributed by atoms with Gasteiger partial charge in [-0.1, -0.05) is 30.1 Å². The average molecular weight is 617 g/mol. The number of nitrogens with zero attached hydrogens (tertiary/aromatic N) is 2. The number of benzene rings is 4. The smallest absolute Gasteiger partial charge is 0.338 e. The molecule has 1 N–H and O–H groups in total. The third-order valence-electron chi connectivity index (χ3n) is 6.67. The predicted molar refractivity (Wildman–Crippen MR) is 168 cm³/mol. The monoisotopic (exact) mass is 615 g/mol. The molecule has 0 fully saturated rings. The van der Waals surface area contributed by atoms with Gasteiger partial charge in [-0.15, -0.1) is 0 Å². The third-order valence-corrected chi connectivity index (χ3v) is 7.11. The van der Waals surface area contributed by atoms with Gasteiger partial charge in [0.05, 0.1) is 42.2 Å². The van der Waals surface area contributed by atoms with Gasteiger partial charge < -0.3 is 19.5 Å². The van der Waals surface area contributed by atoms with Crippen LogP contribution in [0.3, 0.4) is 0 Å². The Morgan fingerprint density at radius 2 is 1.28 bits per heavy atom. The summed E-state index contributed by atoms with van der Waals surface area (Å²) in [4.78, 5) is 35.9. The summed E-state index contributed by atoms with van der Waals surface area (Å²) in [6.45, 7) is 1.75. The molecule has 0 aliphatic carbocycles. The van der Waals surface area contributed by atoms with Crippen molar-refractivity contribution in [2.75, 3.05) is 19.5 Å². The lowest BCUT2D eigenvalue weighted by atomic mass is 10.0. The number of anilines is 1. The van der Waals surface area contributed by atoms with Crippen LogP contribution in [-0.4, -0.2) is 42.2 Å². The quantitative estimate of drug-likeness (QED) is 0.168. The highest BCUT2D eigenvalue weighted by atomic mass is 35.5. The Kier molecular flexibility index (Phi) is 9.09. The molecular weight excluding hydrogens is 589 g/mol. The van der Waals surface area contributed by atoms with E-state index in [0.29, 0.717) is 43.9 Å². The van der Waals surface area contributed by atoms with E-state index in [9.17, 15) is 9.59 Å². The molecule has 5 aromatic rings. The van der Waals surface area contributed by atoms with E-state index in [4.69, 9.17) is 47.4 Å². The van der Waals surface area contributed by atoms with Gasteiger partial charge in [0, 0.05) is 26.9 Å². The Hall–Kier alpha value is -4.66. The van der Waals surface area contributed by atoms with Crippen LogP contribution < -0.4 is 14.8 Å². The number of carbonyl (C=O) groups is 2. The summed E-state index contributed by atoms with van der Waals surface area (Å²) in [5.41, 5.74) is 4.66. The second-order valence-electron chi connectivity index (χ2n) is 9.53. The van der Waals surface area contributed by atoms with Gasteiger partial charge >= 0.3 is 5.97 Å². The lowest BCUT2D eigenvalue weighted by molar-refractivity contribution is -0.124. The molecule has 0 aliphatic rings. The summed E-state index contributed by atoms with van der Waals surface area (Å²) in [5, 5.41) is 3.44. The van der Waals surface area contributed by atoms with Crippen molar-refractivity contribution < 1.29 is 23.8 Å². The first-order valence-electron chi connectivity index (χ1n) is 13.4. The van der Waals surface area contributed by atoms with E-state index >= 15 is 0 Å². The first kappa shape index (κ1) is 29.8. The van der Waals surface area contributed by atoms with Crippen LogP contribution >= 0.6 is 23.2 Å². The molecule has 0 saturated carbocycles. The van der Waals surface area contributed by atoms with Crippen molar-refractivity contribution in [3.63, 3.8) is 0 Å². The van der Waals surface area contributed by atoms with Crippen molar-refractivity contribution in [1.29, 1.82) is 0 Å². The summed E-state index contributed by atoms with van der Waals surface area (Å²) in [6.07, 6.45) is -0.786. The first-order chi connectivity index (χ1) is 20.8. The summed E-state index contributed by atoms with van der Waals surface area (Å²) in [5.74, 6) is 0.268. The standard InChI is InChI=1S/C33H27Cl2N3O5/c1-4-29(32(39)36-24-17-22(34)16-23(35)18-24)43-33(40)21-9-14-27-28(15-21)38-31(20-7-12-26(42-3)13-8-20)30(37-27)19-5-10-25(41-2)11-6-19/h5-18,29H,4H2,1-3H3,(H,36,39). The Morgan fingerprint density at radius 3 is 1.79 bits per heavy atom. The minimum atomic E-state index is -1.04. The predicted octanol–water partition coefficient (Wildman–Crippen LogP) is 7.86.